The number of hydrogen-bond acceptors (Lipinski definition) is 3. The summed E-state index contributed by atoms with van der Waals surface area (Å²) in [4.78, 5) is 0. The summed E-state index contributed by atoms with van der Waals surface area (Å²) in [7, 11) is 3.34. The third kappa shape index (κ3) is 1.84. The predicted octanol–water partition coefficient (Wildman–Crippen LogP) is 2.11. The van der Waals surface area contributed by atoms with E-state index in [0.29, 0.717) is 0 Å². The van der Waals surface area contributed by atoms with Crippen LogP contribution in [-0.2, 0) is 13.0 Å². The third-order valence-corrected chi connectivity index (χ3v) is 3.39. The van der Waals surface area contributed by atoms with Crippen molar-refractivity contribution < 1.29 is 9.47 Å². The van der Waals surface area contributed by atoms with Crippen molar-refractivity contribution in [3.63, 3.8) is 0 Å². The normalized spacial score (nSPS) is 14.6. The summed E-state index contributed by atoms with van der Waals surface area (Å²) in [6.45, 7) is 1.86. The maximum atomic E-state index is 5.40. The molecule has 1 aromatic carbocycles. The van der Waals surface area contributed by atoms with E-state index in [-0.39, 0.29) is 0 Å². The van der Waals surface area contributed by atoms with Crippen molar-refractivity contribution in [2.45, 2.75) is 13.0 Å². The Kier molecular flexibility index (Phi) is 3.17. The summed E-state index contributed by atoms with van der Waals surface area (Å²) in [6.07, 6.45) is 1.02. The van der Waals surface area contributed by atoms with E-state index in [0.717, 1.165) is 35.5 Å². The number of ether oxygens (including phenoxy) is 2. The Morgan fingerprint density at radius 2 is 2.07 bits per heavy atom. The molecule has 1 aromatic rings. The molecule has 4 heteroatoms. The number of rotatable bonds is 2. The molecule has 0 radical (unpaired) electrons. The zero-order valence-corrected chi connectivity index (χ0v) is 10.5. The molecule has 1 aliphatic heterocycles. The molecule has 0 atom stereocenters. The number of hydrogen-bond donors (Lipinski definition) is 1. The van der Waals surface area contributed by atoms with Crippen LogP contribution in [0.25, 0.3) is 0 Å². The van der Waals surface area contributed by atoms with Crippen LogP contribution in [0.15, 0.2) is 10.5 Å². The first-order valence-corrected chi connectivity index (χ1v) is 5.70. The Morgan fingerprint density at radius 1 is 1.27 bits per heavy atom. The van der Waals surface area contributed by atoms with Crippen LogP contribution in [0, 0.1) is 0 Å². The first kappa shape index (κ1) is 10.8. The predicted molar refractivity (Wildman–Crippen MR) is 62.7 cm³/mol. The highest BCUT2D eigenvalue weighted by Gasteiger charge is 2.20. The minimum absolute atomic E-state index is 0.784. The standard InChI is InChI=1S/C11H14BrNO2/c1-14-10-5-9(12)7-3-4-13-6-8(7)11(10)15-2/h5,13H,3-4,6H2,1-2H3. The van der Waals surface area contributed by atoms with Gasteiger partial charge in [-0.25, -0.2) is 0 Å². The van der Waals surface area contributed by atoms with E-state index in [4.69, 9.17) is 9.47 Å². The quantitative estimate of drug-likeness (QED) is 0.894. The number of benzene rings is 1. The molecule has 3 nitrogen and oxygen atoms in total. The van der Waals surface area contributed by atoms with Crippen molar-refractivity contribution in [1.82, 2.24) is 5.32 Å². The molecule has 1 aliphatic rings. The van der Waals surface area contributed by atoms with Gasteiger partial charge in [0.05, 0.1) is 14.2 Å². The fourth-order valence-electron chi connectivity index (χ4n) is 1.96. The lowest BCUT2D eigenvalue weighted by Gasteiger charge is -2.22. The smallest absolute Gasteiger partial charge is 0.165 e. The maximum Gasteiger partial charge on any atom is 0.165 e. The molecule has 0 unspecified atom stereocenters. The van der Waals surface area contributed by atoms with Crippen LogP contribution in [0.4, 0.5) is 0 Å². The molecule has 0 aromatic heterocycles. The van der Waals surface area contributed by atoms with Crippen molar-refractivity contribution in [2.75, 3.05) is 20.8 Å². The number of methoxy groups -OCH3 is 2. The molecule has 0 fully saturated rings. The van der Waals surface area contributed by atoms with Crippen LogP contribution in [0.5, 0.6) is 11.5 Å². The zero-order chi connectivity index (χ0) is 10.8. The van der Waals surface area contributed by atoms with Gasteiger partial charge in [-0.1, -0.05) is 15.9 Å². The van der Waals surface area contributed by atoms with E-state index >= 15 is 0 Å². The molecular formula is C11H14BrNO2. The van der Waals surface area contributed by atoms with Gasteiger partial charge in [-0.3, -0.25) is 0 Å². The molecule has 0 saturated carbocycles. The Labute approximate surface area is 97.9 Å². The largest absolute Gasteiger partial charge is 0.493 e. The van der Waals surface area contributed by atoms with Crippen LogP contribution in [0.3, 0.4) is 0 Å². The fraction of sp³-hybridized carbons (Fsp3) is 0.455. The monoisotopic (exact) mass is 271 g/mol. The maximum absolute atomic E-state index is 5.40. The van der Waals surface area contributed by atoms with Gasteiger partial charge in [0.2, 0.25) is 0 Å². The van der Waals surface area contributed by atoms with Crippen LogP contribution >= 0.6 is 15.9 Å². The summed E-state index contributed by atoms with van der Waals surface area (Å²) in [5.41, 5.74) is 2.53. The molecule has 15 heavy (non-hydrogen) atoms. The molecular weight excluding hydrogens is 258 g/mol. The molecule has 0 spiro atoms. The van der Waals surface area contributed by atoms with E-state index in [2.05, 4.69) is 21.2 Å². The van der Waals surface area contributed by atoms with Crippen LogP contribution < -0.4 is 14.8 Å². The second-order valence-corrected chi connectivity index (χ2v) is 4.33. The minimum Gasteiger partial charge on any atom is -0.493 e. The molecule has 0 aliphatic carbocycles. The summed E-state index contributed by atoms with van der Waals surface area (Å²) in [5.74, 6) is 1.63. The van der Waals surface area contributed by atoms with Gasteiger partial charge in [-0.15, -0.1) is 0 Å². The van der Waals surface area contributed by atoms with Gasteiger partial charge in [-0.2, -0.15) is 0 Å². The SMILES string of the molecule is COc1cc(Br)c2c(c1OC)CNCC2. The van der Waals surface area contributed by atoms with Crippen LogP contribution in [0.2, 0.25) is 0 Å². The Hall–Kier alpha value is -0.740. The Balaban J connectivity index is 2.59. The van der Waals surface area contributed by atoms with E-state index in [1.54, 1.807) is 14.2 Å². The zero-order valence-electron chi connectivity index (χ0n) is 8.89. The summed E-state index contributed by atoms with van der Waals surface area (Å²) >= 11 is 3.57. The van der Waals surface area contributed by atoms with Gasteiger partial charge in [-0.05, 0) is 24.6 Å². The Morgan fingerprint density at radius 3 is 2.73 bits per heavy atom. The number of nitrogens with one attached hydrogen (secondary N) is 1. The van der Waals surface area contributed by atoms with E-state index < -0.39 is 0 Å². The highest BCUT2D eigenvalue weighted by atomic mass is 79.9. The molecule has 1 heterocycles. The summed E-state index contributed by atoms with van der Waals surface area (Å²) in [6, 6.07) is 1.98. The molecule has 1 N–H and O–H groups in total. The van der Waals surface area contributed by atoms with Crippen molar-refractivity contribution in [3.05, 3.63) is 21.7 Å². The lowest BCUT2D eigenvalue weighted by atomic mass is 9.99. The van der Waals surface area contributed by atoms with Crippen molar-refractivity contribution in [2.24, 2.45) is 0 Å². The summed E-state index contributed by atoms with van der Waals surface area (Å²) < 4.78 is 11.8. The lowest BCUT2D eigenvalue weighted by Crippen LogP contribution is -2.24. The molecule has 82 valence electrons. The lowest BCUT2D eigenvalue weighted by molar-refractivity contribution is 0.348. The van der Waals surface area contributed by atoms with Gasteiger partial charge >= 0.3 is 0 Å². The van der Waals surface area contributed by atoms with Gasteiger partial charge in [0.25, 0.3) is 0 Å². The highest BCUT2D eigenvalue weighted by molar-refractivity contribution is 9.10. The van der Waals surface area contributed by atoms with Gasteiger partial charge in [0, 0.05) is 16.6 Å². The first-order valence-electron chi connectivity index (χ1n) is 4.91. The fourth-order valence-corrected chi connectivity index (χ4v) is 2.60. The van der Waals surface area contributed by atoms with Crippen molar-refractivity contribution in [3.8, 4) is 11.5 Å². The van der Waals surface area contributed by atoms with Crippen LogP contribution in [-0.4, -0.2) is 20.8 Å². The average molecular weight is 272 g/mol. The second-order valence-electron chi connectivity index (χ2n) is 3.48. The average Bonchev–Trinajstić information content (AvgIpc) is 2.29. The van der Waals surface area contributed by atoms with Gasteiger partial charge < -0.3 is 14.8 Å². The Bertz CT molecular complexity index is 379. The third-order valence-electron chi connectivity index (χ3n) is 2.69. The van der Waals surface area contributed by atoms with Gasteiger partial charge in [0.1, 0.15) is 0 Å². The van der Waals surface area contributed by atoms with Crippen molar-refractivity contribution >= 4 is 15.9 Å². The first-order chi connectivity index (χ1) is 7.27. The molecule has 0 saturated heterocycles. The molecule has 0 amide bonds. The topological polar surface area (TPSA) is 30.5 Å². The number of halogens is 1. The molecule has 2 rings (SSSR count). The van der Waals surface area contributed by atoms with E-state index in [1.807, 2.05) is 6.07 Å². The van der Waals surface area contributed by atoms with E-state index in [1.165, 1.54) is 11.1 Å². The minimum atomic E-state index is 0.784. The summed E-state index contributed by atoms with van der Waals surface area (Å²) in [5, 5.41) is 3.34. The molecule has 0 bridgehead atoms. The van der Waals surface area contributed by atoms with Crippen LogP contribution in [0.1, 0.15) is 11.1 Å². The van der Waals surface area contributed by atoms with Gasteiger partial charge in [0.15, 0.2) is 11.5 Å². The van der Waals surface area contributed by atoms with E-state index in [9.17, 15) is 0 Å². The van der Waals surface area contributed by atoms with Crippen molar-refractivity contribution in [1.29, 1.82) is 0 Å². The highest BCUT2D eigenvalue weighted by Crippen LogP contribution is 2.39. The second kappa shape index (κ2) is 4.41. The number of fused-ring (bicyclic) bond motifs is 1.